The highest BCUT2D eigenvalue weighted by Crippen LogP contribution is 2.34. The van der Waals surface area contributed by atoms with Gasteiger partial charge in [-0.15, -0.1) is 10.2 Å². The van der Waals surface area contributed by atoms with Crippen LogP contribution in [-0.4, -0.2) is 28.8 Å². The van der Waals surface area contributed by atoms with Gasteiger partial charge in [0.2, 0.25) is 0 Å². The van der Waals surface area contributed by atoms with Crippen LogP contribution in [0, 0.1) is 6.92 Å². The second-order valence-electron chi connectivity index (χ2n) is 8.22. The van der Waals surface area contributed by atoms with E-state index in [1.165, 1.54) is 24.3 Å². The second-order valence-corrected chi connectivity index (χ2v) is 9.87. The van der Waals surface area contributed by atoms with E-state index >= 15 is 0 Å². The number of benzene rings is 4. The molecule has 180 valence electrons. The minimum atomic E-state index is -3.91. The monoisotopic (exact) mass is 498 g/mol. The van der Waals surface area contributed by atoms with Crippen LogP contribution in [0.5, 0.6) is 11.5 Å². The molecule has 0 aliphatic heterocycles. The van der Waals surface area contributed by atoms with E-state index in [1.54, 1.807) is 43.3 Å². The maximum absolute atomic E-state index is 13.2. The molecule has 0 radical (unpaired) electrons. The van der Waals surface area contributed by atoms with Crippen molar-refractivity contribution in [2.75, 3.05) is 10.0 Å². The highest BCUT2D eigenvalue weighted by atomic mass is 32.2. The summed E-state index contributed by atoms with van der Waals surface area (Å²) in [6.07, 6.45) is 0. The lowest BCUT2D eigenvalue weighted by Gasteiger charge is -2.14. The van der Waals surface area contributed by atoms with Crippen LogP contribution in [-0.2, 0) is 10.0 Å². The molecular formula is C27H22N4O4S. The number of rotatable bonds is 6. The molecule has 8 nitrogen and oxygen atoms in total. The lowest BCUT2D eigenvalue weighted by Crippen LogP contribution is -2.14. The topological polar surface area (TPSA) is 124 Å². The number of fused-ring (bicyclic) bond motifs is 1. The molecule has 0 atom stereocenters. The second kappa shape index (κ2) is 9.20. The number of aromatic nitrogens is 2. The van der Waals surface area contributed by atoms with Crippen LogP contribution in [0.1, 0.15) is 5.56 Å². The van der Waals surface area contributed by atoms with Crippen LogP contribution in [0.2, 0.25) is 0 Å². The SMILES string of the molecule is Cc1ccc(-c2nnc(Nc3ccccc3O)c3ccccc23)cc1S(=O)(=O)Nc1ccc(O)cc1. The number of aromatic hydroxyl groups is 2. The number of hydrogen-bond donors (Lipinski definition) is 4. The molecule has 9 heteroatoms. The number of phenolic OH excluding ortho intramolecular Hbond substituents is 2. The summed E-state index contributed by atoms with van der Waals surface area (Å²) in [4.78, 5) is 0.107. The third-order valence-electron chi connectivity index (χ3n) is 5.72. The standard InChI is InChI=1S/C27H22N4O4S/c1-17-10-11-18(16-25(17)36(34,35)31-19-12-14-20(32)15-13-19)26-21-6-2-3-7-22(21)27(30-29-26)28-23-8-4-5-9-24(23)33/h2-16,31-33H,1H3,(H,28,30). The van der Waals surface area contributed by atoms with E-state index in [9.17, 15) is 18.6 Å². The van der Waals surface area contributed by atoms with E-state index in [2.05, 4.69) is 20.2 Å². The molecule has 0 aliphatic carbocycles. The molecule has 0 spiro atoms. The molecule has 0 fully saturated rings. The molecular weight excluding hydrogens is 476 g/mol. The van der Waals surface area contributed by atoms with Crippen molar-refractivity contribution in [3.8, 4) is 22.8 Å². The molecule has 1 heterocycles. The third kappa shape index (κ3) is 4.51. The quantitative estimate of drug-likeness (QED) is 0.178. The summed E-state index contributed by atoms with van der Waals surface area (Å²) in [6.45, 7) is 1.72. The predicted molar refractivity (Wildman–Crippen MR) is 140 cm³/mol. The summed E-state index contributed by atoms with van der Waals surface area (Å²) < 4.78 is 29.0. The summed E-state index contributed by atoms with van der Waals surface area (Å²) in [5.74, 6) is 0.591. The van der Waals surface area contributed by atoms with Crippen LogP contribution in [0.25, 0.3) is 22.0 Å². The van der Waals surface area contributed by atoms with Gasteiger partial charge >= 0.3 is 0 Å². The average Bonchev–Trinajstić information content (AvgIpc) is 2.87. The zero-order chi connectivity index (χ0) is 25.3. The fraction of sp³-hybridized carbons (Fsp3) is 0.0370. The van der Waals surface area contributed by atoms with Crippen LogP contribution < -0.4 is 10.0 Å². The number of nitrogens with one attached hydrogen (secondary N) is 2. The van der Waals surface area contributed by atoms with Crippen molar-refractivity contribution >= 4 is 38.0 Å². The van der Waals surface area contributed by atoms with Crippen molar-refractivity contribution < 1.29 is 18.6 Å². The van der Waals surface area contributed by atoms with Crippen molar-refractivity contribution in [2.45, 2.75) is 11.8 Å². The maximum Gasteiger partial charge on any atom is 0.262 e. The average molecular weight is 499 g/mol. The van der Waals surface area contributed by atoms with Gasteiger partial charge in [-0.05, 0) is 55.0 Å². The minimum Gasteiger partial charge on any atom is -0.508 e. The lowest BCUT2D eigenvalue weighted by molar-refractivity contribution is 0.475. The van der Waals surface area contributed by atoms with Gasteiger partial charge in [-0.1, -0.05) is 48.5 Å². The molecule has 4 N–H and O–H groups in total. The van der Waals surface area contributed by atoms with E-state index in [-0.39, 0.29) is 16.4 Å². The Morgan fingerprint density at radius 1 is 0.778 bits per heavy atom. The van der Waals surface area contributed by atoms with Crippen LogP contribution in [0.15, 0.2) is 95.9 Å². The Labute approximate surface area is 208 Å². The first-order valence-corrected chi connectivity index (χ1v) is 12.5. The number of para-hydroxylation sites is 2. The van der Waals surface area contributed by atoms with Gasteiger partial charge in [0.15, 0.2) is 5.82 Å². The Morgan fingerprint density at radius 2 is 1.47 bits per heavy atom. The number of aryl methyl sites for hydroxylation is 1. The van der Waals surface area contributed by atoms with Crippen LogP contribution in [0.3, 0.4) is 0 Å². The molecule has 0 bridgehead atoms. The van der Waals surface area contributed by atoms with Gasteiger partial charge < -0.3 is 15.5 Å². The number of nitrogens with zero attached hydrogens (tertiary/aromatic N) is 2. The Morgan fingerprint density at radius 3 is 2.22 bits per heavy atom. The van der Waals surface area contributed by atoms with Crippen LogP contribution in [0.4, 0.5) is 17.2 Å². The van der Waals surface area contributed by atoms with Gasteiger partial charge in [0.05, 0.1) is 10.6 Å². The van der Waals surface area contributed by atoms with Crippen molar-refractivity contribution in [3.05, 3.63) is 96.6 Å². The molecule has 0 aliphatic rings. The Balaban J connectivity index is 1.56. The summed E-state index contributed by atoms with van der Waals surface area (Å²) in [6, 6.07) is 25.3. The Kier molecular flexibility index (Phi) is 5.91. The highest BCUT2D eigenvalue weighted by molar-refractivity contribution is 7.92. The van der Waals surface area contributed by atoms with Crippen molar-refractivity contribution in [1.82, 2.24) is 10.2 Å². The molecule has 0 saturated carbocycles. The maximum atomic E-state index is 13.2. The largest absolute Gasteiger partial charge is 0.508 e. The molecule has 5 rings (SSSR count). The van der Waals surface area contributed by atoms with Gasteiger partial charge in [0.25, 0.3) is 10.0 Å². The molecule has 0 unspecified atom stereocenters. The van der Waals surface area contributed by atoms with E-state index in [4.69, 9.17) is 0 Å². The van der Waals surface area contributed by atoms with Crippen LogP contribution >= 0.6 is 0 Å². The molecule has 1 aromatic heterocycles. The predicted octanol–water partition coefficient (Wildman–Crippen LogP) is 5.56. The molecule has 0 amide bonds. The smallest absolute Gasteiger partial charge is 0.262 e. The molecule has 36 heavy (non-hydrogen) atoms. The van der Waals surface area contributed by atoms with Crippen molar-refractivity contribution in [2.24, 2.45) is 0 Å². The fourth-order valence-corrected chi connectivity index (χ4v) is 5.22. The summed E-state index contributed by atoms with van der Waals surface area (Å²) in [5.41, 5.74) is 2.51. The first kappa shape index (κ1) is 23.1. The summed E-state index contributed by atoms with van der Waals surface area (Å²) in [5, 5.41) is 33.0. The van der Waals surface area contributed by atoms with Gasteiger partial charge in [-0.25, -0.2) is 8.42 Å². The minimum absolute atomic E-state index is 0.0435. The van der Waals surface area contributed by atoms with Crippen molar-refractivity contribution in [3.63, 3.8) is 0 Å². The summed E-state index contributed by atoms with van der Waals surface area (Å²) in [7, 11) is -3.91. The first-order chi connectivity index (χ1) is 17.3. The van der Waals surface area contributed by atoms with Crippen molar-refractivity contribution in [1.29, 1.82) is 0 Å². The number of hydrogen-bond acceptors (Lipinski definition) is 7. The van der Waals surface area contributed by atoms with E-state index < -0.39 is 10.0 Å². The first-order valence-electron chi connectivity index (χ1n) is 11.1. The Hall–Kier alpha value is -4.63. The Bertz CT molecular complexity index is 1690. The molecule has 5 aromatic rings. The van der Waals surface area contributed by atoms with Gasteiger partial charge in [-0.3, -0.25) is 4.72 Å². The van der Waals surface area contributed by atoms with Gasteiger partial charge in [-0.2, -0.15) is 0 Å². The molecule has 0 saturated heterocycles. The van der Waals surface area contributed by atoms with E-state index in [0.29, 0.717) is 34.0 Å². The van der Waals surface area contributed by atoms with E-state index in [1.807, 2.05) is 30.3 Å². The van der Waals surface area contributed by atoms with Gasteiger partial charge in [0, 0.05) is 22.0 Å². The number of phenols is 2. The zero-order valence-electron chi connectivity index (χ0n) is 19.2. The fourth-order valence-electron chi connectivity index (χ4n) is 3.89. The number of anilines is 3. The normalized spacial score (nSPS) is 11.4. The summed E-state index contributed by atoms with van der Waals surface area (Å²) >= 11 is 0. The number of sulfonamides is 1. The zero-order valence-corrected chi connectivity index (χ0v) is 20.0. The lowest BCUT2D eigenvalue weighted by atomic mass is 10.0. The third-order valence-corrected chi connectivity index (χ3v) is 7.24. The van der Waals surface area contributed by atoms with Gasteiger partial charge in [0.1, 0.15) is 17.2 Å². The van der Waals surface area contributed by atoms with E-state index in [0.717, 1.165) is 10.8 Å². The molecule has 4 aromatic carbocycles. The highest BCUT2D eigenvalue weighted by Gasteiger charge is 2.20.